The number of aliphatic hydroxyl groups is 1. The maximum atomic E-state index is 12.9. The molecule has 0 atom stereocenters. The highest BCUT2D eigenvalue weighted by molar-refractivity contribution is 6.05. The lowest BCUT2D eigenvalue weighted by Gasteiger charge is -1.97. The van der Waals surface area contributed by atoms with Gasteiger partial charge in [-0.2, -0.15) is 5.21 Å². The zero-order valence-electron chi connectivity index (χ0n) is 11.7. The van der Waals surface area contributed by atoms with Gasteiger partial charge in [0.15, 0.2) is 11.5 Å². The molecule has 2 heterocycles. The number of hydrogen-bond acceptors (Lipinski definition) is 6. The summed E-state index contributed by atoms with van der Waals surface area (Å²) in [7, 11) is 0. The van der Waals surface area contributed by atoms with Crippen molar-refractivity contribution in [3.05, 3.63) is 71.2 Å². The molecule has 0 aliphatic heterocycles. The number of nitrogens with zero attached hydrogens (tertiary/aromatic N) is 3. The maximum Gasteiger partial charge on any atom is 0.239 e. The number of benzene rings is 1. The number of rotatable bonds is 5. The summed E-state index contributed by atoms with van der Waals surface area (Å²) in [4.78, 5) is 12.0. The van der Waals surface area contributed by atoms with Gasteiger partial charge in [0.1, 0.15) is 5.82 Å². The van der Waals surface area contributed by atoms with Crippen LogP contribution in [-0.2, 0) is 6.42 Å². The molecule has 3 aromatic rings. The number of halogens is 1. The third kappa shape index (κ3) is 3.49. The predicted octanol–water partition coefficient (Wildman–Crippen LogP) is 2.30. The molecule has 0 bridgehead atoms. The lowest BCUT2D eigenvalue weighted by molar-refractivity contribution is 0.102. The molecule has 0 fully saturated rings. The summed E-state index contributed by atoms with van der Waals surface area (Å²) in [5, 5.41) is 22.2. The predicted molar refractivity (Wildman–Crippen MR) is 77.0 cm³/mol. The van der Waals surface area contributed by atoms with Crippen molar-refractivity contribution >= 4 is 11.5 Å². The van der Waals surface area contributed by atoms with Gasteiger partial charge >= 0.3 is 0 Å². The van der Waals surface area contributed by atoms with Crippen molar-refractivity contribution in [3.63, 3.8) is 0 Å². The lowest BCUT2D eigenvalue weighted by Crippen LogP contribution is -1.96. The summed E-state index contributed by atoms with van der Waals surface area (Å²) in [6, 6.07) is 7.61. The molecule has 0 saturated heterocycles. The molecule has 0 spiro atoms. The van der Waals surface area contributed by atoms with Gasteiger partial charge in [-0.15, -0.1) is 10.2 Å². The molecule has 23 heavy (non-hydrogen) atoms. The summed E-state index contributed by atoms with van der Waals surface area (Å²) in [5.74, 6) is -1.27. The minimum absolute atomic E-state index is 0.0668. The Morgan fingerprint density at radius 2 is 2.09 bits per heavy atom. The number of tetrazole rings is 1. The third-order valence-electron chi connectivity index (χ3n) is 3.06. The number of hydrogen-bond donors (Lipinski definition) is 2. The summed E-state index contributed by atoms with van der Waals surface area (Å²) in [5.41, 5.74) is 1.64. The first-order valence-corrected chi connectivity index (χ1v) is 6.62. The molecule has 0 amide bonds. The fourth-order valence-corrected chi connectivity index (χ4v) is 1.97. The molecule has 116 valence electrons. The molecule has 8 heteroatoms. The topological polar surface area (TPSA) is 105 Å². The van der Waals surface area contributed by atoms with Crippen molar-refractivity contribution in [1.29, 1.82) is 0 Å². The van der Waals surface area contributed by atoms with E-state index >= 15 is 0 Å². The summed E-state index contributed by atoms with van der Waals surface area (Å²) in [6.07, 6.45) is 2.89. The second-order valence-corrected chi connectivity index (χ2v) is 4.75. The molecule has 1 aromatic carbocycles. The van der Waals surface area contributed by atoms with E-state index in [0.717, 1.165) is 17.2 Å². The van der Waals surface area contributed by atoms with Gasteiger partial charge in [0.25, 0.3) is 0 Å². The van der Waals surface area contributed by atoms with Crippen LogP contribution in [0.5, 0.6) is 0 Å². The first kappa shape index (κ1) is 14.6. The van der Waals surface area contributed by atoms with Crippen molar-refractivity contribution < 1.29 is 18.7 Å². The van der Waals surface area contributed by atoms with E-state index in [1.54, 1.807) is 18.2 Å². The minimum Gasteiger partial charge on any atom is -0.504 e. The number of furan rings is 1. The van der Waals surface area contributed by atoms with Crippen molar-refractivity contribution in [2.45, 2.75) is 6.42 Å². The van der Waals surface area contributed by atoms with Crippen molar-refractivity contribution in [2.75, 3.05) is 0 Å². The number of aromatic nitrogens is 4. The Balaban J connectivity index is 1.72. The lowest BCUT2D eigenvalue weighted by atomic mass is 10.1. The number of ketones is 1. The van der Waals surface area contributed by atoms with Crippen LogP contribution in [0.4, 0.5) is 4.39 Å². The van der Waals surface area contributed by atoms with Gasteiger partial charge in [-0.25, -0.2) is 4.39 Å². The van der Waals surface area contributed by atoms with E-state index in [2.05, 4.69) is 20.6 Å². The van der Waals surface area contributed by atoms with E-state index in [1.165, 1.54) is 18.4 Å². The number of aliphatic hydroxyl groups excluding tert-OH is 1. The van der Waals surface area contributed by atoms with Gasteiger partial charge in [-0.3, -0.25) is 4.79 Å². The van der Waals surface area contributed by atoms with E-state index in [-0.39, 0.29) is 17.4 Å². The number of carbonyl (C=O) groups is 1. The van der Waals surface area contributed by atoms with Crippen molar-refractivity contribution in [3.8, 4) is 0 Å². The van der Waals surface area contributed by atoms with Crippen LogP contribution in [0.1, 0.15) is 27.5 Å². The van der Waals surface area contributed by atoms with Gasteiger partial charge < -0.3 is 9.52 Å². The van der Waals surface area contributed by atoms with Crippen LogP contribution in [0.15, 0.2) is 47.1 Å². The van der Waals surface area contributed by atoms with Crippen LogP contribution < -0.4 is 0 Å². The molecule has 0 unspecified atom stereocenters. The zero-order chi connectivity index (χ0) is 16.2. The highest BCUT2D eigenvalue weighted by Gasteiger charge is 2.13. The Morgan fingerprint density at radius 1 is 1.30 bits per heavy atom. The Morgan fingerprint density at radius 3 is 2.78 bits per heavy atom. The minimum atomic E-state index is -0.530. The second kappa shape index (κ2) is 6.22. The number of allylic oxidation sites excluding steroid dienone is 1. The van der Waals surface area contributed by atoms with Crippen LogP contribution in [0, 0.1) is 5.82 Å². The second-order valence-electron chi connectivity index (χ2n) is 4.75. The molecule has 7 nitrogen and oxygen atoms in total. The van der Waals surface area contributed by atoms with Crippen molar-refractivity contribution in [2.24, 2.45) is 0 Å². The number of aromatic amines is 1. The third-order valence-corrected chi connectivity index (χ3v) is 3.06. The molecule has 0 saturated carbocycles. The van der Waals surface area contributed by atoms with E-state index in [0.29, 0.717) is 6.42 Å². The monoisotopic (exact) mass is 314 g/mol. The fourth-order valence-electron chi connectivity index (χ4n) is 1.97. The van der Waals surface area contributed by atoms with Gasteiger partial charge in [0.2, 0.25) is 11.6 Å². The molecule has 3 rings (SSSR count). The Bertz CT molecular complexity index is 838. The van der Waals surface area contributed by atoms with Gasteiger partial charge in [-0.1, -0.05) is 12.1 Å². The zero-order valence-corrected chi connectivity index (χ0v) is 11.7. The molecule has 2 N–H and O–H groups in total. The highest BCUT2D eigenvalue weighted by Crippen LogP contribution is 2.16. The van der Waals surface area contributed by atoms with Gasteiger partial charge in [0, 0.05) is 12.5 Å². The Labute approximate surface area is 129 Å². The summed E-state index contributed by atoms with van der Waals surface area (Å²) in [6.45, 7) is 0. The molecule has 0 aliphatic rings. The van der Waals surface area contributed by atoms with E-state index < -0.39 is 11.5 Å². The summed E-state index contributed by atoms with van der Waals surface area (Å²) < 4.78 is 18.1. The van der Waals surface area contributed by atoms with E-state index in [9.17, 15) is 14.3 Å². The molecule has 0 radical (unpaired) electrons. The van der Waals surface area contributed by atoms with Crippen LogP contribution in [0.2, 0.25) is 0 Å². The first-order chi connectivity index (χ1) is 11.1. The van der Waals surface area contributed by atoms with Crippen molar-refractivity contribution in [1.82, 2.24) is 20.6 Å². The fraction of sp³-hybridized carbons (Fsp3) is 0.0667. The standard InChI is InChI=1S/C15H11FN4O3/c16-11-3-1-9(2-4-11)5-10-6-14(23-8-10)12(21)7-13(22)15-17-19-20-18-15/h1-4,6-8,22H,5H2,(H,17,18,19,20). The normalized spacial score (nSPS) is 11.6. The largest absolute Gasteiger partial charge is 0.504 e. The molecular weight excluding hydrogens is 303 g/mol. The average Bonchev–Trinajstić information content (AvgIpc) is 3.21. The van der Waals surface area contributed by atoms with Crippen LogP contribution in [0.3, 0.4) is 0 Å². The molecule has 0 aliphatic carbocycles. The van der Waals surface area contributed by atoms with Crippen LogP contribution in [-0.4, -0.2) is 31.5 Å². The average molecular weight is 314 g/mol. The van der Waals surface area contributed by atoms with Gasteiger partial charge in [-0.05, 0) is 34.5 Å². The van der Waals surface area contributed by atoms with Crippen LogP contribution in [0.25, 0.3) is 5.76 Å². The smallest absolute Gasteiger partial charge is 0.239 e. The summed E-state index contributed by atoms with van der Waals surface area (Å²) >= 11 is 0. The SMILES string of the molecule is O=C(C=C(O)c1nn[nH]n1)c1cc(Cc2ccc(F)cc2)co1. The quantitative estimate of drug-likeness (QED) is 0.425. The number of nitrogens with one attached hydrogen (secondary N) is 1. The molecular formula is C15H11FN4O3. The molecule has 2 aromatic heterocycles. The van der Waals surface area contributed by atoms with Crippen LogP contribution >= 0.6 is 0 Å². The highest BCUT2D eigenvalue weighted by atomic mass is 19.1. The van der Waals surface area contributed by atoms with E-state index in [4.69, 9.17) is 4.42 Å². The van der Waals surface area contributed by atoms with E-state index in [1.807, 2.05) is 0 Å². The Hall–Kier alpha value is -3.29. The number of carbonyl (C=O) groups excluding carboxylic acids is 1. The van der Waals surface area contributed by atoms with Gasteiger partial charge in [0.05, 0.1) is 6.26 Å². The Kier molecular flexibility index (Phi) is 3.96. The number of H-pyrrole nitrogens is 1. The maximum absolute atomic E-state index is 12.9. The first-order valence-electron chi connectivity index (χ1n) is 6.62.